The highest BCUT2D eigenvalue weighted by Gasteiger charge is 2.50. The van der Waals surface area contributed by atoms with Crippen molar-refractivity contribution in [3.63, 3.8) is 0 Å². The van der Waals surface area contributed by atoms with E-state index in [4.69, 9.17) is 9.73 Å². The molecule has 0 saturated carbocycles. The van der Waals surface area contributed by atoms with Crippen LogP contribution < -0.4 is 10.1 Å². The highest BCUT2D eigenvalue weighted by molar-refractivity contribution is 6.04. The van der Waals surface area contributed by atoms with Crippen LogP contribution in [-0.2, 0) is 5.41 Å². The van der Waals surface area contributed by atoms with Crippen molar-refractivity contribution in [2.75, 3.05) is 0 Å². The maximum Gasteiger partial charge on any atom is 0.134 e. The van der Waals surface area contributed by atoms with Gasteiger partial charge < -0.3 is 10.1 Å². The number of allylic oxidation sites excluding steroid dienone is 2. The molecule has 0 bridgehead atoms. The minimum atomic E-state index is -0.462. The standard InChI is InChI=1S/C39H26N2O/c1-2-12-25(13-3-1)38-40-34-20-10-6-16-29(34)37(41-38)26-22-23-33-36(24-26)42-35-21-11-9-19-32(35)39(33)30-17-7-4-14-27(30)28-15-5-8-18-31(28)39/h1-24,34H,(H,40,41). The Morgan fingerprint density at radius 2 is 1.26 bits per heavy atom. The van der Waals surface area contributed by atoms with Gasteiger partial charge in [-0.25, -0.2) is 4.99 Å². The molecule has 3 nitrogen and oxygen atoms in total. The molecular weight excluding hydrogens is 512 g/mol. The van der Waals surface area contributed by atoms with Crippen molar-refractivity contribution in [1.82, 2.24) is 5.32 Å². The summed E-state index contributed by atoms with van der Waals surface area (Å²) in [6, 6.07) is 43.2. The summed E-state index contributed by atoms with van der Waals surface area (Å²) in [5.41, 5.74) is 11.2. The second kappa shape index (κ2) is 8.79. The van der Waals surface area contributed by atoms with E-state index in [1.807, 2.05) is 6.07 Å². The second-order valence-corrected chi connectivity index (χ2v) is 11.1. The molecule has 9 rings (SSSR count). The van der Waals surface area contributed by atoms with Gasteiger partial charge in [0.15, 0.2) is 0 Å². The minimum absolute atomic E-state index is 0.0512. The third kappa shape index (κ3) is 3.13. The smallest absolute Gasteiger partial charge is 0.134 e. The Labute approximate surface area is 244 Å². The maximum atomic E-state index is 6.75. The second-order valence-electron chi connectivity index (χ2n) is 11.1. The Bertz CT molecular complexity index is 2000. The number of aliphatic imine (C=N–C) groups is 1. The summed E-state index contributed by atoms with van der Waals surface area (Å²) in [5, 5.41) is 3.63. The molecule has 4 aliphatic rings. The SMILES string of the molecule is C1=CC2=C(c3ccc4c(c3)Oc3ccccc3C43c4ccccc4-c4ccccc43)N=C(c3ccccc3)NC2C=C1. The lowest BCUT2D eigenvalue weighted by atomic mass is 9.66. The molecular formula is C39H26N2O. The number of nitrogens with one attached hydrogen (secondary N) is 1. The molecule has 1 atom stereocenters. The van der Waals surface area contributed by atoms with Crippen molar-refractivity contribution in [2.24, 2.45) is 4.99 Å². The normalized spacial score (nSPS) is 18.2. The van der Waals surface area contributed by atoms with Crippen LogP contribution in [0.3, 0.4) is 0 Å². The Balaban J connectivity index is 1.29. The Kier molecular flexibility index (Phi) is 4.88. The number of nitrogens with zero attached hydrogens (tertiary/aromatic N) is 1. The first kappa shape index (κ1) is 23.3. The van der Waals surface area contributed by atoms with E-state index in [0.717, 1.165) is 45.3 Å². The van der Waals surface area contributed by atoms with Gasteiger partial charge in [0.1, 0.15) is 17.3 Å². The molecule has 2 aliphatic carbocycles. The van der Waals surface area contributed by atoms with E-state index in [1.54, 1.807) is 0 Å². The van der Waals surface area contributed by atoms with E-state index in [0.29, 0.717) is 0 Å². The highest BCUT2D eigenvalue weighted by Crippen LogP contribution is 2.62. The molecule has 0 saturated heterocycles. The van der Waals surface area contributed by atoms with E-state index >= 15 is 0 Å². The van der Waals surface area contributed by atoms with Gasteiger partial charge in [0.2, 0.25) is 0 Å². The van der Waals surface area contributed by atoms with Gasteiger partial charge in [-0.05, 0) is 34.4 Å². The van der Waals surface area contributed by atoms with E-state index in [1.165, 1.54) is 27.8 Å². The Morgan fingerprint density at radius 3 is 2.05 bits per heavy atom. The molecule has 2 heterocycles. The van der Waals surface area contributed by atoms with Crippen LogP contribution in [0, 0.1) is 0 Å². The highest BCUT2D eigenvalue weighted by atomic mass is 16.5. The van der Waals surface area contributed by atoms with Gasteiger partial charge in [0, 0.05) is 27.8 Å². The zero-order valence-corrected chi connectivity index (χ0v) is 22.8. The molecule has 1 N–H and O–H groups in total. The number of rotatable bonds is 2. The van der Waals surface area contributed by atoms with E-state index in [2.05, 4.69) is 145 Å². The fourth-order valence-corrected chi connectivity index (χ4v) is 7.23. The van der Waals surface area contributed by atoms with Gasteiger partial charge in [0.25, 0.3) is 0 Å². The average molecular weight is 539 g/mol. The van der Waals surface area contributed by atoms with Crippen molar-refractivity contribution in [3.05, 3.63) is 185 Å². The quantitative estimate of drug-likeness (QED) is 0.240. The van der Waals surface area contributed by atoms with Crippen molar-refractivity contribution in [3.8, 4) is 22.6 Å². The number of hydrogen-bond acceptors (Lipinski definition) is 3. The van der Waals surface area contributed by atoms with Crippen LogP contribution in [0.2, 0.25) is 0 Å². The van der Waals surface area contributed by atoms with Crippen molar-refractivity contribution < 1.29 is 4.74 Å². The average Bonchev–Trinajstić information content (AvgIpc) is 3.35. The van der Waals surface area contributed by atoms with E-state index in [-0.39, 0.29) is 6.04 Å². The lowest BCUT2D eigenvalue weighted by Crippen LogP contribution is -2.39. The number of hydrogen-bond donors (Lipinski definition) is 1. The number of ether oxygens (including phenoxy) is 1. The van der Waals surface area contributed by atoms with E-state index in [9.17, 15) is 0 Å². The largest absolute Gasteiger partial charge is 0.457 e. The zero-order chi connectivity index (χ0) is 27.7. The Hall–Kier alpha value is -5.41. The molecule has 198 valence electrons. The maximum absolute atomic E-state index is 6.75. The molecule has 0 fully saturated rings. The van der Waals surface area contributed by atoms with Gasteiger partial charge in [-0.2, -0.15) is 0 Å². The summed E-state index contributed by atoms with van der Waals surface area (Å²) in [6.07, 6.45) is 8.54. The summed E-state index contributed by atoms with van der Waals surface area (Å²) < 4.78 is 6.75. The molecule has 3 heteroatoms. The molecule has 2 aliphatic heterocycles. The molecule has 1 unspecified atom stereocenters. The molecule has 0 amide bonds. The summed E-state index contributed by atoms with van der Waals surface area (Å²) >= 11 is 0. The van der Waals surface area contributed by atoms with Gasteiger partial charge in [-0.15, -0.1) is 0 Å². The third-order valence-electron chi connectivity index (χ3n) is 8.98. The van der Waals surface area contributed by atoms with Crippen LogP contribution in [0.25, 0.3) is 16.8 Å². The predicted molar refractivity (Wildman–Crippen MR) is 169 cm³/mol. The lowest BCUT2D eigenvalue weighted by molar-refractivity contribution is 0.436. The summed E-state index contributed by atoms with van der Waals surface area (Å²) in [6.45, 7) is 0. The predicted octanol–water partition coefficient (Wildman–Crippen LogP) is 8.41. The van der Waals surface area contributed by atoms with Crippen LogP contribution in [-0.4, -0.2) is 11.9 Å². The number of fused-ring (bicyclic) bond motifs is 10. The molecule has 5 aromatic carbocycles. The summed E-state index contributed by atoms with van der Waals surface area (Å²) in [4.78, 5) is 5.21. The topological polar surface area (TPSA) is 33.6 Å². The van der Waals surface area contributed by atoms with Crippen LogP contribution in [0.4, 0.5) is 0 Å². The fraction of sp³-hybridized carbons (Fsp3) is 0.0513. The summed E-state index contributed by atoms with van der Waals surface area (Å²) in [7, 11) is 0. The van der Waals surface area contributed by atoms with Gasteiger partial charge in [-0.1, -0.05) is 133 Å². The first-order valence-electron chi connectivity index (χ1n) is 14.4. The van der Waals surface area contributed by atoms with Crippen molar-refractivity contribution >= 4 is 11.5 Å². The molecule has 0 aromatic heterocycles. The Morgan fingerprint density at radius 1 is 0.595 bits per heavy atom. The molecule has 1 spiro atoms. The minimum Gasteiger partial charge on any atom is -0.457 e. The third-order valence-corrected chi connectivity index (χ3v) is 8.98. The monoisotopic (exact) mass is 538 g/mol. The van der Waals surface area contributed by atoms with Gasteiger partial charge >= 0.3 is 0 Å². The van der Waals surface area contributed by atoms with Crippen molar-refractivity contribution in [1.29, 1.82) is 0 Å². The molecule has 42 heavy (non-hydrogen) atoms. The number of para-hydroxylation sites is 1. The van der Waals surface area contributed by atoms with Crippen LogP contribution in [0.5, 0.6) is 11.5 Å². The van der Waals surface area contributed by atoms with Gasteiger partial charge in [0.05, 0.1) is 17.2 Å². The first-order chi connectivity index (χ1) is 20.8. The summed E-state index contributed by atoms with van der Waals surface area (Å²) in [5.74, 6) is 2.63. The van der Waals surface area contributed by atoms with Crippen molar-refractivity contribution in [2.45, 2.75) is 11.5 Å². The zero-order valence-electron chi connectivity index (χ0n) is 22.8. The van der Waals surface area contributed by atoms with Gasteiger partial charge in [-0.3, -0.25) is 0 Å². The van der Waals surface area contributed by atoms with Crippen LogP contribution >= 0.6 is 0 Å². The first-order valence-corrected chi connectivity index (χ1v) is 14.4. The molecule has 0 radical (unpaired) electrons. The molecule has 5 aromatic rings. The van der Waals surface area contributed by atoms with E-state index < -0.39 is 5.41 Å². The van der Waals surface area contributed by atoms with Crippen LogP contribution in [0.1, 0.15) is 33.4 Å². The number of benzene rings is 5. The van der Waals surface area contributed by atoms with Crippen LogP contribution in [0.15, 0.2) is 156 Å². The fourth-order valence-electron chi connectivity index (χ4n) is 7.23. The number of amidine groups is 1. The lowest BCUT2D eigenvalue weighted by Gasteiger charge is -2.39.